The van der Waals surface area contributed by atoms with Gasteiger partial charge in [0, 0.05) is 6.54 Å². The van der Waals surface area contributed by atoms with Crippen LogP contribution in [0.5, 0.6) is 0 Å². The van der Waals surface area contributed by atoms with E-state index < -0.39 is 6.43 Å². The molecule has 0 radical (unpaired) electrons. The van der Waals surface area contributed by atoms with Crippen molar-refractivity contribution in [2.45, 2.75) is 39.0 Å². The van der Waals surface area contributed by atoms with E-state index >= 15 is 0 Å². The van der Waals surface area contributed by atoms with Crippen LogP contribution in [0, 0.1) is 5.41 Å². The van der Waals surface area contributed by atoms with E-state index in [0.717, 1.165) is 45.3 Å². The summed E-state index contributed by atoms with van der Waals surface area (Å²) in [5, 5.41) is 6.22. The van der Waals surface area contributed by atoms with Crippen LogP contribution in [0.25, 0.3) is 0 Å². The van der Waals surface area contributed by atoms with Crippen LogP contribution in [0.1, 0.15) is 32.6 Å². The van der Waals surface area contributed by atoms with E-state index in [2.05, 4.69) is 17.6 Å². The second kappa shape index (κ2) is 6.38. The first kappa shape index (κ1) is 12.8. The zero-order chi connectivity index (χ0) is 11.1. The van der Waals surface area contributed by atoms with Gasteiger partial charge in [-0.05, 0) is 37.8 Å². The van der Waals surface area contributed by atoms with Gasteiger partial charge >= 0.3 is 0 Å². The van der Waals surface area contributed by atoms with Crippen molar-refractivity contribution in [1.29, 1.82) is 0 Å². The zero-order valence-corrected chi connectivity index (χ0v) is 9.49. The summed E-state index contributed by atoms with van der Waals surface area (Å²) in [6.07, 6.45) is 2.26. The first-order valence-corrected chi connectivity index (χ1v) is 5.88. The molecule has 1 aliphatic rings. The molecule has 2 N–H and O–H groups in total. The van der Waals surface area contributed by atoms with E-state index in [9.17, 15) is 8.78 Å². The highest BCUT2D eigenvalue weighted by Gasteiger charge is 2.30. The van der Waals surface area contributed by atoms with Crippen molar-refractivity contribution >= 4 is 0 Å². The van der Waals surface area contributed by atoms with Gasteiger partial charge in [-0.1, -0.05) is 13.3 Å². The highest BCUT2D eigenvalue weighted by molar-refractivity contribution is 4.86. The number of piperidine rings is 1. The molecule has 0 aromatic rings. The summed E-state index contributed by atoms with van der Waals surface area (Å²) >= 11 is 0. The van der Waals surface area contributed by atoms with E-state index in [-0.39, 0.29) is 12.0 Å². The van der Waals surface area contributed by atoms with Crippen molar-refractivity contribution in [3.8, 4) is 0 Å². The molecular weight excluding hydrogens is 198 g/mol. The number of hydrogen-bond acceptors (Lipinski definition) is 2. The first-order valence-electron chi connectivity index (χ1n) is 5.88. The number of rotatable bonds is 6. The fourth-order valence-electron chi connectivity index (χ4n) is 2.45. The Balaban J connectivity index is 2.34. The topological polar surface area (TPSA) is 24.1 Å². The molecule has 4 heteroatoms. The van der Waals surface area contributed by atoms with Gasteiger partial charge in [0.2, 0.25) is 0 Å². The Hall–Kier alpha value is -0.220. The second-order valence-electron chi connectivity index (χ2n) is 4.52. The van der Waals surface area contributed by atoms with Crippen LogP contribution in [0.4, 0.5) is 8.78 Å². The fourth-order valence-corrected chi connectivity index (χ4v) is 2.45. The van der Waals surface area contributed by atoms with Crippen molar-refractivity contribution in [3.05, 3.63) is 0 Å². The minimum absolute atomic E-state index is 0.168. The normalized spacial score (nSPS) is 20.8. The van der Waals surface area contributed by atoms with Gasteiger partial charge in [0.1, 0.15) is 0 Å². The molecule has 0 aromatic carbocycles. The summed E-state index contributed by atoms with van der Waals surface area (Å²) < 4.78 is 24.0. The van der Waals surface area contributed by atoms with Crippen LogP contribution in [0.2, 0.25) is 0 Å². The predicted octanol–water partition coefficient (Wildman–Crippen LogP) is 2.01. The smallest absolute Gasteiger partial charge is 0.250 e. The lowest BCUT2D eigenvalue weighted by atomic mass is 9.75. The van der Waals surface area contributed by atoms with E-state index in [0.29, 0.717) is 0 Å². The summed E-state index contributed by atoms with van der Waals surface area (Å²) in [7, 11) is 0. The third-order valence-corrected chi connectivity index (χ3v) is 3.24. The monoisotopic (exact) mass is 220 g/mol. The highest BCUT2D eigenvalue weighted by atomic mass is 19.3. The van der Waals surface area contributed by atoms with Crippen LogP contribution in [0.3, 0.4) is 0 Å². The molecule has 1 aliphatic heterocycles. The Labute approximate surface area is 90.8 Å². The largest absolute Gasteiger partial charge is 0.317 e. The van der Waals surface area contributed by atoms with Crippen molar-refractivity contribution in [1.82, 2.24) is 10.6 Å². The van der Waals surface area contributed by atoms with Gasteiger partial charge in [-0.25, -0.2) is 8.78 Å². The standard InChI is InChI=1S/C11H22F2N2/c1-2-3-11(4-6-14-7-5-11)9-15-8-10(12)13/h10,14-15H,2-9H2,1H3. The van der Waals surface area contributed by atoms with Crippen molar-refractivity contribution in [2.75, 3.05) is 26.2 Å². The molecule has 0 unspecified atom stereocenters. The molecule has 1 rings (SSSR count). The van der Waals surface area contributed by atoms with Crippen LogP contribution >= 0.6 is 0 Å². The average Bonchev–Trinajstić information content (AvgIpc) is 2.19. The Morgan fingerprint density at radius 3 is 2.53 bits per heavy atom. The third-order valence-electron chi connectivity index (χ3n) is 3.24. The van der Waals surface area contributed by atoms with Crippen LogP contribution < -0.4 is 10.6 Å². The Bertz CT molecular complexity index is 162. The van der Waals surface area contributed by atoms with Crippen LogP contribution in [-0.4, -0.2) is 32.6 Å². The van der Waals surface area contributed by atoms with E-state index in [1.54, 1.807) is 0 Å². The molecule has 1 saturated heterocycles. The third kappa shape index (κ3) is 4.43. The van der Waals surface area contributed by atoms with Gasteiger partial charge in [-0.2, -0.15) is 0 Å². The van der Waals surface area contributed by atoms with E-state index in [1.165, 1.54) is 0 Å². The lowest BCUT2D eigenvalue weighted by molar-refractivity contribution is 0.125. The maximum absolute atomic E-state index is 12.0. The van der Waals surface area contributed by atoms with Gasteiger partial charge in [0.05, 0.1) is 6.54 Å². The quantitative estimate of drug-likeness (QED) is 0.715. The highest BCUT2D eigenvalue weighted by Crippen LogP contribution is 2.33. The number of halogens is 2. The van der Waals surface area contributed by atoms with Crippen molar-refractivity contribution in [2.24, 2.45) is 5.41 Å². The van der Waals surface area contributed by atoms with Gasteiger partial charge in [-0.3, -0.25) is 0 Å². The summed E-state index contributed by atoms with van der Waals surface area (Å²) in [6.45, 7) is 4.79. The number of hydrogen-bond donors (Lipinski definition) is 2. The molecule has 0 spiro atoms. The maximum atomic E-state index is 12.0. The molecule has 0 bridgehead atoms. The van der Waals surface area contributed by atoms with Gasteiger partial charge in [0.15, 0.2) is 0 Å². The summed E-state index contributed by atoms with van der Waals surface area (Å²) in [6, 6.07) is 0. The molecule has 90 valence electrons. The molecule has 0 atom stereocenters. The van der Waals surface area contributed by atoms with Gasteiger partial charge < -0.3 is 10.6 Å². The molecule has 15 heavy (non-hydrogen) atoms. The average molecular weight is 220 g/mol. The minimum atomic E-state index is -2.23. The minimum Gasteiger partial charge on any atom is -0.317 e. The fraction of sp³-hybridized carbons (Fsp3) is 1.00. The predicted molar refractivity (Wildman–Crippen MR) is 58.3 cm³/mol. The molecule has 0 amide bonds. The first-order chi connectivity index (χ1) is 7.18. The lowest BCUT2D eigenvalue weighted by Crippen LogP contribution is -2.44. The number of nitrogens with one attached hydrogen (secondary N) is 2. The molecule has 1 heterocycles. The van der Waals surface area contributed by atoms with Crippen molar-refractivity contribution < 1.29 is 8.78 Å². The number of alkyl halides is 2. The van der Waals surface area contributed by atoms with E-state index in [1.807, 2.05) is 0 Å². The zero-order valence-electron chi connectivity index (χ0n) is 9.49. The SMILES string of the molecule is CCCC1(CNCC(F)F)CCNCC1. The maximum Gasteiger partial charge on any atom is 0.250 e. The summed E-state index contributed by atoms with van der Waals surface area (Å²) in [4.78, 5) is 0. The summed E-state index contributed by atoms with van der Waals surface area (Å²) in [5.74, 6) is 0. The Morgan fingerprint density at radius 1 is 1.33 bits per heavy atom. The molecule has 0 aliphatic carbocycles. The summed E-state index contributed by atoms with van der Waals surface area (Å²) in [5.41, 5.74) is 0.259. The van der Waals surface area contributed by atoms with Crippen LogP contribution in [0.15, 0.2) is 0 Å². The van der Waals surface area contributed by atoms with Crippen molar-refractivity contribution in [3.63, 3.8) is 0 Å². The molecule has 0 saturated carbocycles. The van der Waals surface area contributed by atoms with Gasteiger partial charge in [-0.15, -0.1) is 0 Å². The Kier molecular flexibility index (Phi) is 5.47. The molecule has 1 fully saturated rings. The second-order valence-corrected chi connectivity index (χ2v) is 4.52. The molecular formula is C11H22F2N2. The lowest BCUT2D eigenvalue weighted by Gasteiger charge is -2.38. The van der Waals surface area contributed by atoms with E-state index in [4.69, 9.17) is 0 Å². The Morgan fingerprint density at radius 2 is 2.00 bits per heavy atom. The van der Waals surface area contributed by atoms with Gasteiger partial charge in [0.25, 0.3) is 6.43 Å². The molecule has 0 aromatic heterocycles. The van der Waals surface area contributed by atoms with Crippen LogP contribution in [-0.2, 0) is 0 Å². The molecule has 2 nitrogen and oxygen atoms in total.